The van der Waals surface area contributed by atoms with Crippen molar-refractivity contribution in [2.24, 2.45) is 0 Å². The van der Waals surface area contributed by atoms with Crippen LogP contribution >= 0.6 is 0 Å². The molecule has 9 aromatic rings. The highest BCUT2D eigenvalue weighted by molar-refractivity contribution is 6.28. The summed E-state index contributed by atoms with van der Waals surface area (Å²) in [6, 6.07) is 56.1. The van der Waals surface area contributed by atoms with Crippen LogP contribution in [-0.4, -0.2) is 0 Å². The Bertz CT molecular complexity index is 2510. The SMILES string of the molecule is Cc1cc2cc(-c3c4ccccc4c(-c4ccc5ccccc5c4)c4ccccc34)c3ccccc3c2c2ccccc12. The Morgan fingerprint density at radius 2 is 0.814 bits per heavy atom. The maximum absolute atomic E-state index is 2.45. The van der Waals surface area contributed by atoms with Crippen molar-refractivity contribution in [3.63, 3.8) is 0 Å². The Morgan fingerprint density at radius 1 is 0.326 bits per heavy atom. The molecule has 43 heavy (non-hydrogen) atoms. The zero-order valence-corrected chi connectivity index (χ0v) is 23.9. The fourth-order valence-corrected chi connectivity index (χ4v) is 7.45. The molecule has 0 atom stereocenters. The first-order valence-corrected chi connectivity index (χ1v) is 15.0. The van der Waals surface area contributed by atoms with Gasteiger partial charge < -0.3 is 0 Å². The van der Waals surface area contributed by atoms with Crippen molar-refractivity contribution in [2.45, 2.75) is 6.92 Å². The van der Waals surface area contributed by atoms with E-state index in [9.17, 15) is 0 Å². The Kier molecular flexibility index (Phi) is 5.21. The van der Waals surface area contributed by atoms with E-state index in [-0.39, 0.29) is 0 Å². The van der Waals surface area contributed by atoms with Crippen LogP contribution in [0.4, 0.5) is 0 Å². The topological polar surface area (TPSA) is 0 Å². The first-order chi connectivity index (χ1) is 21.3. The second-order valence-electron chi connectivity index (χ2n) is 11.7. The molecule has 0 saturated carbocycles. The van der Waals surface area contributed by atoms with Gasteiger partial charge >= 0.3 is 0 Å². The molecule has 0 bridgehead atoms. The highest BCUT2D eigenvalue weighted by Gasteiger charge is 2.19. The second kappa shape index (κ2) is 9.28. The molecule has 200 valence electrons. The van der Waals surface area contributed by atoms with Gasteiger partial charge in [-0.15, -0.1) is 0 Å². The van der Waals surface area contributed by atoms with Crippen molar-refractivity contribution in [2.75, 3.05) is 0 Å². The first kappa shape index (κ1) is 24.2. The summed E-state index contributed by atoms with van der Waals surface area (Å²) < 4.78 is 0. The summed E-state index contributed by atoms with van der Waals surface area (Å²) in [6.07, 6.45) is 0. The normalized spacial score (nSPS) is 11.8. The quantitative estimate of drug-likeness (QED) is 0.150. The number of hydrogen-bond acceptors (Lipinski definition) is 0. The lowest BCUT2D eigenvalue weighted by molar-refractivity contribution is 1.56. The van der Waals surface area contributed by atoms with Crippen LogP contribution in [0.3, 0.4) is 0 Å². The lowest BCUT2D eigenvalue weighted by atomic mass is 9.83. The van der Waals surface area contributed by atoms with Crippen molar-refractivity contribution in [1.29, 1.82) is 0 Å². The average Bonchev–Trinajstić information content (AvgIpc) is 3.06. The van der Waals surface area contributed by atoms with E-state index in [1.165, 1.54) is 92.5 Å². The molecule has 0 aliphatic rings. The minimum atomic E-state index is 1.25. The molecule has 0 heteroatoms. The van der Waals surface area contributed by atoms with Crippen LogP contribution in [0.1, 0.15) is 5.56 Å². The second-order valence-corrected chi connectivity index (χ2v) is 11.7. The van der Waals surface area contributed by atoms with Gasteiger partial charge in [-0.05, 0) is 112 Å². The van der Waals surface area contributed by atoms with Gasteiger partial charge in [-0.3, -0.25) is 0 Å². The van der Waals surface area contributed by atoms with Gasteiger partial charge in [0.2, 0.25) is 0 Å². The fourth-order valence-electron chi connectivity index (χ4n) is 7.45. The minimum Gasteiger partial charge on any atom is -0.0616 e. The molecule has 0 aliphatic heterocycles. The van der Waals surface area contributed by atoms with E-state index in [0.29, 0.717) is 0 Å². The molecule has 9 aromatic carbocycles. The summed E-state index contributed by atoms with van der Waals surface area (Å²) in [5.74, 6) is 0. The first-order valence-electron chi connectivity index (χ1n) is 15.0. The third-order valence-corrected chi connectivity index (χ3v) is 9.31. The molecule has 0 heterocycles. The van der Waals surface area contributed by atoms with Crippen LogP contribution in [-0.2, 0) is 0 Å². The number of benzene rings is 9. The Labute approximate surface area is 250 Å². The summed E-state index contributed by atoms with van der Waals surface area (Å²) >= 11 is 0. The highest BCUT2D eigenvalue weighted by atomic mass is 14.2. The summed E-state index contributed by atoms with van der Waals surface area (Å²) in [4.78, 5) is 0. The van der Waals surface area contributed by atoms with Crippen LogP contribution in [0.2, 0.25) is 0 Å². The molecule has 0 aliphatic carbocycles. The summed E-state index contributed by atoms with van der Waals surface area (Å²) in [5, 5.41) is 15.5. The van der Waals surface area contributed by atoms with Gasteiger partial charge in [0.05, 0.1) is 0 Å². The van der Waals surface area contributed by atoms with E-state index in [1.807, 2.05) is 0 Å². The number of aryl methyl sites for hydroxylation is 1. The Morgan fingerprint density at radius 3 is 1.47 bits per heavy atom. The van der Waals surface area contributed by atoms with Crippen molar-refractivity contribution in [3.8, 4) is 22.3 Å². The van der Waals surface area contributed by atoms with Gasteiger partial charge in [0.1, 0.15) is 0 Å². The van der Waals surface area contributed by atoms with Gasteiger partial charge in [-0.1, -0.05) is 140 Å². The van der Waals surface area contributed by atoms with Crippen LogP contribution in [0.25, 0.3) is 86.9 Å². The van der Waals surface area contributed by atoms with Gasteiger partial charge in [-0.2, -0.15) is 0 Å². The molecule has 9 rings (SSSR count). The van der Waals surface area contributed by atoms with Gasteiger partial charge in [-0.25, -0.2) is 0 Å². The van der Waals surface area contributed by atoms with Crippen LogP contribution in [0, 0.1) is 6.92 Å². The molecule has 0 radical (unpaired) electrons. The molecule has 0 nitrogen and oxygen atoms in total. The molecule has 0 aromatic heterocycles. The standard InChI is InChI=1S/C43H28/c1-27-24-31-26-40(33-15-5-7-17-35(33)42(31)34-16-6-4-14-32(27)34)43-38-20-10-8-18-36(38)41(37-19-9-11-21-39(37)43)30-23-22-28-12-2-3-13-29(28)25-30/h2-26H,1H3. The average molecular weight is 545 g/mol. The largest absolute Gasteiger partial charge is 0.0616 e. The lowest BCUT2D eigenvalue weighted by Crippen LogP contribution is -1.93. The maximum atomic E-state index is 2.45. The molecule has 0 spiro atoms. The predicted octanol–water partition coefficient (Wildman–Crippen LogP) is 12.2. The third kappa shape index (κ3) is 3.57. The monoisotopic (exact) mass is 544 g/mol. The van der Waals surface area contributed by atoms with Crippen LogP contribution < -0.4 is 0 Å². The van der Waals surface area contributed by atoms with Gasteiger partial charge in [0.15, 0.2) is 0 Å². The van der Waals surface area contributed by atoms with Crippen LogP contribution in [0.15, 0.2) is 152 Å². The molecule has 0 fully saturated rings. The lowest BCUT2D eigenvalue weighted by Gasteiger charge is -2.20. The summed E-state index contributed by atoms with van der Waals surface area (Å²) in [7, 11) is 0. The predicted molar refractivity (Wildman–Crippen MR) is 187 cm³/mol. The number of fused-ring (bicyclic) bond motifs is 8. The highest BCUT2D eigenvalue weighted by Crippen LogP contribution is 2.47. The van der Waals surface area contributed by atoms with E-state index in [2.05, 4.69) is 159 Å². The maximum Gasteiger partial charge on any atom is -0.00199 e. The molecule has 0 N–H and O–H groups in total. The van der Waals surface area contributed by atoms with Crippen molar-refractivity contribution < 1.29 is 0 Å². The molecule has 0 saturated heterocycles. The molecule has 0 unspecified atom stereocenters. The Hall–Kier alpha value is -5.46. The van der Waals surface area contributed by atoms with Crippen molar-refractivity contribution in [1.82, 2.24) is 0 Å². The van der Waals surface area contributed by atoms with E-state index in [4.69, 9.17) is 0 Å². The minimum absolute atomic E-state index is 1.25. The van der Waals surface area contributed by atoms with Crippen LogP contribution in [0.5, 0.6) is 0 Å². The molecular formula is C43H28. The molecular weight excluding hydrogens is 516 g/mol. The fraction of sp³-hybridized carbons (Fsp3) is 0.0233. The number of hydrogen-bond donors (Lipinski definition) is 0. The van der Waals surface area contributed by atoms with E-state index in [0.717, 1.165) is 0 Å². The Balaban J connectivity index is 1.45. The number of rotatable bonds is 2. The smallest absolute Gasteiger partial charge is 0.00199 e. The van der Waals surface area contributed by atoms with Gasteiger partial charge in [0, 0.05) is 0 Å². The summed E-state index contributed by atoms with van der Waals surface area (Å²) in [6.45, 7) is 2.24. The van der Waals surface area contributed by atoms with Crippen molar-refractivity contribution in [3.05, 3.63) is 157 Å². The zero-order chi connectivity index (χ0) is 28.5. The van der Waals surface area contributed by atoms with E-state index >= 15 is 0 Å². The molecule has 0 amide bonds. The van der Waals surface area contributed by atoms with E-state index in [1.54, 1.807) is 0 Å². The third-order valence-electron chi connectivity index (χ3n) is 9.31. The zero-order valence-electron chi connectivity index (χ0n) is 23.9. The van der Waals surface area contributed by atoms with Gasteiger partial charge in [0.25, 0.3) is 0 Å². The van der Waals surface area contributed by atoms with Crippen molar-refractivity contribution >= 4 is 64.6 Å². The van der Waals surface area contributed by atoms with E-state index < -0.39 is 0 Å². The summed E-state index contributed by atoms with van der Waals surface area (Å²) in [5.41, 5.74) is 6.45.